The number of nitrogens with zero attached hydrogens (tertiary/aromatic N) is 2. The van der Waals surface area contributed by atoms with E-state index in [9.17, 15) is 4.79 Å². The molecule has 4 nitrogen and oxygen atoms in total. The van der Waals surface area contributed by atoms with Crippen LogP contribution in [-0.4, -0.2) is 21.8 Å². The molecule has 0 aliphatic rings. The van der Waals surface area contributed by atoms with E-state index < -0.39 is 0 Å². The van der Waals surface area contributed by atoms with Crippen LogP contribution in [0.15, 0.2) is 4.79 Å². The fraction of sp³-hybridized carbons (Fsp3) is 0.714. The molecule has 0 radical (unpaired) electrons. The summed E-state index contributed by atoms with van der Waals surface area (Å²) in [5.41, 5.74) is 1.98. The Hall–Kier alpha value is -1.16. The number of aliphatic hydroxyl groups excluding tert-OH is 1. The topological polar surface area (TPSA) is 55.1 Å². The van der Waals surface area contributed by atoms with Crippen LogP contribution in [0.2, 0.25) is 0 Å². The largest absolute Gasteiger partial charge is 0.400 e. The molecule has 0 aliphatic heterocycles. The molecule has 0 saturated heterocycles. The summed E-state index contributed by atoms with van der Waals surface area (Å²) < 4.78 is 1.82. The molecule has 1 aromatic rings. The number of aliphatic hydroxyl groups is 1. The third kappa shape index (κ3) is 3.95. The maximum Gasteiger partial charge on any atom is 0.256 e. The smallest absolute Gasteiger partial charge is 0.256 e. The van der Waals surface area contributed by atoms with Crippen LogP contribution in [0.25, 0.3) is 0 Å². The number of rotatable bonds is 5. The number of hydrogen-bond acceptors (Lipinski definition) is 3. The van der Waals surface area contributed by atoms with Gasteiger partial charge in [0.15, 0.2) is 0 Å². The highest BCUT2D eigenvalue weighted by Crippen LogP contribution is 2.06. The average Bonchev–Trinajstić information content (AvgIpc) is 2.37. The molecule has 0 spiro atoms. The quantitative estimate of drug-likeness (QED) is 0.875. The zero-order valence-electron chi connectivity index (χ0n) is 12.3. The van der Waals surface area contributed by atoms with Crippen LogP contribution >= 0.6 is 0 Å². The zero-order chi connectivity index (χ0) is 14.1. The van der Waals surface area contributed by atoms with Crippen molar-refractivity contribution in [2.24, 2.45) is 0 Å². The van der Waals surface area contributed by atoms with Crippen molar-refractivity contribution >= 4 is 0 Å². The lowest BCUT2D eigenvalue weighted by Gasteiger charge is -2.13. The van der Waals surface area contributed by atoms with E-state index in [4.69, 9.17) is 5.11 Å². The number of hydrogen-bond donors (Lipinski definition) is 1. The predicted molar refractivity (Wildman–Crippen MR) is 75.0 cm³/mol. The summed E-state index contributed by atoms with van der Waals surface area (Å²) in [7, 11) is 1.00. The fourth-order valence-corrected chi connectivity index (χ4v) is 2.03. The predicted octanol–water partition coefficient (Wildman–Crippen LogP) is 2.09. The minimum Gasteiger partial charge on any atom is -0.400 e. The number of aryl methyl sites for hydroxylation is 2. The summed E-state index contributed by atoms with van der Waals surface area (Å²) >= 11 is 0. The first-order chi connectivity index (χ1) is 8.65. The minimum absolute atomic E-state index is 0.167. The van der Waals surface area contributed by atoms with Crippen LogP contribution in [0.1, 0.15) is 50.7 Å². The molecular weight excluding hydrogens is 228 g/mol. The molecule has 0 aliphatic carbocycles. The minimum atomic E-state index is 0.167. The van der Waals surface area contributed by atoms with Gasteiger partial charge in [-0.2, -0.15) is 0 Å². The Bertz CT molecular complexity index is 411. The molecule has 1 aromatic heterocycles. The molecule has 0 fully saturated rings. The molecule has 0 saturated carbocycles. The lowest BCUT2D eigenvalue weighted by molar-refractivity contribution is 0.399. The van der Waals surface area contributed by atoms with Crippen LogP contribution in [0.3, 0.4) is 0 Å². The lowest BCUT2D eigenvalue weighted by atomic mass is 10.1. The second-order valence-corrected chi connectivity index (χ2v) is 4.14. The van der Waals surface area contributed by atoms with Gasteiger partial charge in [0, 0.05) is 31.3 Å². The van der Waals surface area contributed by atoms with Crippen molar-refractivity contribution in [1.82, 2.24) is 9.55 Å². The van der Waals surface area contributed by atoms with Crippen LogP contribution in [0.5, 0.6) is 0 Å². The zero-order valence-corrected chi connectivity index (χ0v) is 12.3. The maximum atomic E-state index is 12.2. The van der Waals surface area contributed by atoms with Crippen molar-refractivity contribution in [3.63, 3.8) is 0 Å². The molecule has 0 amide bonds. The standard InChI is InChI=1S/C13H22N2O.CH4O/c1-5-8-11-10(4)14-12(9-6-2)15(7-3)13(11)16;1-2/h5-9H2,1-4H3;2H,1H3. The molecule has 1 heterocycles. The summed E-state index contributed by atoms with van der Waals surface area (Å²) in [6, 6.07) is 0. The highest BCUT2D eigenvalue weighted by atomic mass is 16.2. The van der Waals surface area contributed by atoms with Crippen LogP contribution in [0.4, 0.5) is 0 Å². The van der Waals surface area contributed by atoms with E-state index in [1.54, 1.807) is 0 Å². The van der Waals surface area contributed by atoms with Crippen LogP contribution in [-0.2, 0) is 19.4 Å². The molecule has 104 valence electrons. The van der Waals surface area contributed by atoms with Gasteiger partial charge in [-0.1, -0.05) is 20.3 Å². The van der Waals surface area contributed by atoms with Gasteiger partial charge >= 0.3 is 0 Å². The monoisotopic (exact) mass is 254 g/mol. The van der Waals surface area contributed by atoms with Crippen molar-refractivity contribution < 1.29 is 5.11 Å². The summed E-state index contributed by atoms with van der Waals surface area (Å²) in [6.07, 6.45) is 3.74. The van der Waals surface area contributed by atoms with Gasteiger partial charge in [0.1, 0.15) is 5.82 Å². The second kappa shape index (κ2) is 8.86. The Morgan fingerprint density at radius 1 is 1.11 bits per heavy atom. The lowest BCUT2D eigenvalue weighted by Crippen LogP contribution is -2.29. The molecule has 0 unspecified atom stereocenters. The first-order valence-electron chi connectivity index (χ1n) is 6.69. The Morgan fingerprint density at radius 2 is 1.67 bits per heavy atom. The highest BCUT2D eigenvalue weighted by molar-refractivity contribution is 5.18. The van der Waals surface area contributed by atoms with E-state index in [0.717, 1.165) is 56.4 Å². The SMILES string of the molecule is CCCc1c(C)nc(CCC)n(CC)c1=O.CO. The maximum absolute atomic E-state index is 12.2. The molecule has 1 N–H and O–H groups in total. The van der Waals surface area contributed by atoms with Gasteiger partial charge in [-0.3, -0.25) is 9.36 Å². The van der Waals surface area contributed by atoms with Crippen molar-refractivity contribution in [3.8, 4) is 0 Å². The van der Waals surface area contributed by atoms with Crippen molar-refractivity contribution in [2.75, 3.05) is 7.11 Å². The van der Waals surface area contributed by atoms with Gasteiger partial charge < -0.3 is 5.11 Å². The average molecular weight is 254 g/mol. The molecule has 1 rings (SSSR count). The van der Waals surface area contributed by atoms with E-state index in [1.165, 1.54) is 0 Å². The van der Waals surface area contributed by atoms with E-state index in [2.05, 4.69) is 18.8 Å². The van der Waals surface area contributed by atoms with Gasteiger partial charge in [0.2, 0.25) is 0 Å². The Morgan fingerprint density at radius 3 is 2.11 bits per heavy atom. The summed E-state index contributed by atoms with van der Waals surface area (Å²) in [6.45, 7) is 8.88. The highest BCUT2D eigenvalue weighted by Gasteiger charge is 2.11. The molecule has 18 heavy (non-hydrogen) atoms. The molecular formula is C14H26N2O2. The van der Waals surface area contributed by atoms with Gasteiger partial charge in [0.05, 0.1) is 0 Å². The molecule has 4 heteroatoms. The molecule has 0 atom stereocenters. The fourth-order valence-electron chi connectivity index (χ4n) is 2.03. The summed E-state index contributed by atoms with van der Waals surface area (Å²) in [5, 5.41) is 7.00. The van der Waals surface area contributed by atoms with Crippen molar-refractivity contribution in [3.05, 3.63) is 27.4 Å². The van der Waals surface area contributed by atoms with Gasteiger partial charge in [0.25, 0.3) is 5.56 Å². The third-order valence-electron chi connectivity index (χ3n) is 2.84. The van der Waals surface area contributed by atoms with Crippen LogP contribution in [0, 0.1) is 6.92 Å². The summed E-state index contributed by atoms with van der Waals surface area (Å²) in [4.78, 5) is 16.8. The molecule has 0 aromatic carbocycles. The summed E-state index contributed by atoms with van der Waals surface area (Å²) in [5.74, 6) is 0.937. The third-order valence-corrected chi connectivity index (χ3v) is 2.84. The Kier molecular flexibility index (Phi) is 8.29. The van der Waals surface area contributed by atoms with E-state index in [0.29, 0.717) is 0 Å². The van der Waals surface area contributed by atoms with E-state index >= 15 is 0 Å². The molecule has 0 bridgehead atoms. The number of aromatic nitrogens is 2. The van der Waals surface area contributed by atoms with Gasteiger partial charge in [-0.15, -0.1) is 0 Å². The first kappa shape index (κ1) is 16.8. The normalized spacial score (nSPS) is 9.89. The Balaban J connectivity index is 0.00000137. The second-order valence-electron chi connectivity index (χ2n) is 4.14. The first-order valence-corrected chi connectivity index (χ1v) is 6.69. The van der Waals surface area contributed by atoms with E-state index in [1.807, 2.05) is 18.4 Å². The van der Waals surface area contributed by atoms with Gasteiger partial charge in [-0.05, 0) is 26.7 Å². The Labute approximate surface area is 110 Å². The van der Waals surface area contributed by atoms with Crippen molar-refractivity contribution in [1.29, 1.82) is 0 Å². The van der Waals surface area contributed by atoms with E-state index in [-0.39, 0.29) is 5.56 Å². The van der Waals surface area contributed by atoms with Crippen LogP contribution < -0.4 is 5.56 Å². The van der Waals surface area contributed by atoms with Crippen molar-refractivity contribution in [2.45, 2.75) is 59.9 Å². The van der Waals surface area contributed by atoms with Gasteiger partial charge in [-0.25, -0.2) is 4.98 Å².